The van der Waals surface area contributed by atoms with Crippen LogP contribution in [0, 0.1) is 0 Å². The Morgan fingerprint density at radius 3 is 1.84 bits per heavy atom. The van der Waals surface area contributed by atoms with Crippen molar-refractivity contribution in [2.75, 3.05) is 64.6 Å². The fraction of sp³-hybridized carbons (Fsp3) is 0.654. The summed E-state index contributed by atoms with van der Waals surface area (Å²) in [5.74, 6) is -0.546. The molecule has 0 aromatic carbocycles. The van der Waals surface area contributed by atoms with Crippen molar-refractivity contribution in [2.45, 2.75) is 52.0 Å². The van der Waals surface area contributed by atoms with Gasteiger partial charge in [0.2, 0.25) is 10.8 Å². The van der Waals surface area contributed by atoms with E-state index in [-0.39, 0.29) is 37.9 Å². The number of pyridine rings is 2. The molecule has 44 heavy (non-hydrogen) atoms. The molecule has 1 saturated carbocycles. The van der Waals surface area contributed by atoms with Crippen LogP contribution in [0.4, 0.5) is 5.82 Å². The fourth-order valence-corrected chi connectivity index (χ4v) is 8.65. The van der Waals surface area contributed by atoms with E-state index >= 15 is 0 Å². The second-order valence-corrected chi connectivity index (χ2v) is 14.3. The summed E-state index contributed by atoms with van der Waals surface area (Å²) in [7, 11) is -8.07. The largest absolute Gasteiger partial charge is 0.407 e. The molecule has 18 heteroatoms. The second kappa shape index (κ2) is 15.5. The number of nitrogens with zero attached hydrogens (tertiary/aromatic N) is 4. The summed E-state index contributed by atoms with van der Waals surface area (Å²) < 4.78 is 50.2. The number of Topliss-reactive ketones (excluding diaryl/α,β-unsaturated/α-hetero) is 1. The smallest absolute Gasteiger partial charge is 0.354 e. The minimum Gasteiger partial charge on any atom is -0.354 e. The standard InChI is InChI=1S/C26H40N4O12P2/c1-6-35-39-43(33,40-36-7-2)26(44(34,41-37-8-3)42-38-9-4)25(32)21-18-30(19-10-11-19)22-16-23(27-17-20(22)24(21)31)29-14-12-28(5)13-15-29/h16-19,26H,6-15H2,1-5H3. The number of hydrogen-bond acceptors (Lipinski definition) is 15. The number of piperazine rings is 1. The first-order valence-corrected chi connectivity index (χ1v) is 17.8. The number of anilines is 1. The topological polar surface area (TPSA) is 166 Å². The summed E-state index contributed by atoms with van der Waals surface area (Å²) >= 11 is 0. The van der Waals surface area contributed by atoms with Gasteiger partial charge in [-0.05, 0) is 47.6 Å². The summed E-state index contributed by atoms with van der Waals surface area (Å²) in [4.78, 5) is 56.7. The Bertz CT molecular complexity index is 1390. The van der Waals surface area contributed by atoms with E-state index in [4.69, 9.17) is 38.2 Å². The minimum atomic E-state index is -5.06. The van der Waals surface area contributed by atoms with Crippen molar-refractivity contribution in [3.63, 3.8) is 0 Å². The van der Waals surface area contributed by atoms with Gasteiger partial charge in [-0.25, -0.2) is 24.5 Å². The molecule has 0 bridgehead atoms. The molecule has 0 N–H and O–H groups in total. The van der Waals surface area contributed by atoms with Crippen molar-refractivity contribution in [3.8, 4) is 0 Å². The highest BCUT2D eigenvalue weighted by Gasteiger charge is 2.60. The molecule has 2 aromatic rings. The Balaban J connectivity index is 1.87. The molecule has 246 valence electrons. The van der Waals surface area contributed by atoms with Gasteiger partial charge < -0.3 is 14.4 Å². The van der Waals surface area contributed by atoms with Crippen LogP contribution in [-0.4, -0.2) is 85.3 Å². The predicted octanol–water partition coefficient (Wildman–Crippen LogP) is 4.25. The summed E-state index contributed by atoms with van der Waals surface area (Å²) in [5, 5.41) is -2.32. The van der Waals surface area contributed by atoms with Crippen molar-refractivity contribution in [2.24, 2.45) is 0 Å². The van der Waals surface area contributed by atoms with Gasteiger partial charge in [0.25, 0.3) is 0 Å². The van der Waals surface area contributed by atoms with E-state index in [2.05, 4.69) is 21.8 Å². The van der Waals surface area contributed by atoms with Crippen LogP contribution in [0.25, 0.3) is 10.9 Å². The molecule has 1 aliphatic carbocycles. The highest BCUT2D eigenvalue weighted by molar-refractivity contribution is 7.74. The molecular formula is C26H40N4O12P2. The Hall–Kier alpha value is -2.07. The highest BCUT2D eigenvalue weighted by atomic mass is 31.2. The van der Waals surface area contributed by atoms with Gasteiger partial charge in [-0.15, -0.1) is 18.7 Å². The van der Waals surface area contributed by atoms with Crippen molar-refractivity contribution in [1.29, 1.82) is 0 Å². The molecule has 16 nitrogen and oxygen atoms in total. The highest BCUT2D eigenvalue weighted by Crippen LogP contribution is 2.71. The lowest BCUT2D eigenvalue weighted by Gasteiger charge is -2.33. The summed E-state index contributed by atoms with van der Waals surface area (Å²) in [6, 6.07) is 1.82. The SMILES string of the molecule is CCOOP(=O)(OOCC)C(C(=O)c1cn(C2CC2)c2cc(N3CCN(C)CC3)ncc2c1=O)P(=O)(OOCC)OOCC. The third kappa shape index (κ3) is 7.83. The lowest BCUT2D eigenvalue weighted by molar-refractivity contribution is -0.270. The van der Waals surface area contributed by atoms with Gasteiger partial charge in [0.1, 0.15) is 5.82 Å². The van der Waals surface area contributed by atoms with Crippen molar-refractivity contribution < 1.29 is 52.2 Å². The number of carbonyl (C=O) groups excluding carboxylic acids is 1. The molecule has 0 amide bonds. The van der Waals surface area contributed by atoms with Crippen LogP contribution in [0.2, 0.25) is 0 Å². The molecule has 0 radical (unpaired) electrons. The lowest BCUT2D eigenvalue weighted by Crippen LogP contribution is -2.44. The fourth-order valence-electron chi connectivity index (χ4n) is 4.57. The number of aromatic nitrogens is 2. The minimum absolute atomic E-state index is 0.0110. The Morgan fingerprint density at radius 1 is 0.886 bits per heavy atom. The summed E-state index contributed by atoms with van der Waals surface area (Å²) in [6.07, 6.45) is 4.37. The number of likely N-dealkylation sites (N-methyl/N-ethyl adjacent to an activating group) is 1. The van der Waals surface area contributed by atoms with E-state index in [0.29, 0.717) is 11.3 Å². The molecule has 1 saturated heterocycles. The van der Waals surface area contributed by atoms with E-state index in [1.807, 2.05) is 6.07 Å². The number of rotatable bonds is 18. The summed E-state index contributed by atoms with van der Waals surface area (Å²) in [5.41, 5.74) is -0.652. The third-order valence-corrected chi connectivity index (χ3v) is 11.5. The van der Waals surface area contributed by atoms with Crippen LogP contribution in [0.1, 0.15) is 56.9 Å². The maximum Gasteiger partial charge on any atom is 0.407 e. The maximum absolute atomic E-state index is 14.4. The first kappa shape index (κ1) is 34.8. The van der Waals surface area contributed by atoms with Crippen molar-refractivity contribution in [3.05, 3.63) is 34.2 Å². The van der Waals surface area contributed by atoms with Gasteiger partial charge in [0.05, 0.1) is 42.9 Å². The van der Waals surface area contributed by atoms with E-state index < -0.39 is 37.4 Å². The van der Waals surface area contributed by atoms with Gasteiger partial charge >= 0.3 is 15.2 Å². The maximum atomic E-state index is 14.4. The Labute approximate surface area is 255 Å². The first-order chi connectivity index (χ1) is 21.1. The van der Waals surface area contributed by atoms with E-state index in [9.17, 15) is 18.7 Å². The molecule has 2 aliphatic rings. The van der Waals surface area contributed by atoms with Gasteiger partial charge in [0.15, 0.2) is 5.78 Å². The molecule has 3 heterocycles. The number of hydrogen-bond donors (Lipinski definition) is 0. The quantitative estimate of drug-likeness (QED) is 0.0961. The number of fused-ring (bicyclic) bond motifs is 1. The Morgan fingerprint density at radius 2 is 1.39 bits per heavy atom. The molecule has 0 unspecified atom stereocenters. The number of ketones is 1. The molecular weight excluding hydrogens is 622 g/mol. The van der Waals surface area contributed by atoms with E-state index in [1.54, 1.807) is 4.57 Å². The van der Waals surface area contributed by atoms with Crippen LogP contribution in [-0.2, 0) is 47.4 Å². The van der Waals surface area contributed by atoms with Gasteiger partial charge in [-0.3, -0.25) is 18.7 Å². The van der Waals surface area contributed by atoms with Crippen LogP contribution in [0.5, 0.6) is 0 Å². The molecule has 2 fully saturated rings. The average molecular weight is 663 g/mol. The van der Waals surface area contributed by atoms with Crippen molar-refractivity contribution in [1.82, 2.24) is 14.5 Å². The zero-order valence-corrected chi connectivity index (χ0v) is 27.3. The van der Waals surface area contributed by atoms with Gasteiger partial charge in [-0.2, -0.15) is 0 Å². The zero-order valence-electron chi connectivity index (χ0n) is 25.5. The van der Waals surface area contributed by atoms with Crippen molar-refractivity contribution >= 4 is 37.7 Å². The molecule has 0 atom stereocenters. The van der Waals surface area contributed by atoms with Crippen LogP contribution < -0.4 is 10.3 Å². The lowest BCUT2D eigenvalue weighted by atomic mass is 10.1. The van der Waals surface area contributed by atoms with Crippen LogP contribution in [0.3, 0.4) is 0 Å². The summed E-state index contributed by atoms with van der Waals surface area (Å²) in [6.45, 7) is 8.73. The molecule has 1 aliphatic heterocycles. The Kier molecular flexibility index (Phi) is 12.2. The second-order valence-electron chi connectivity index (χ2n) is 10.1. The third-order valence-electron chi connectivity index (χ3n) is 6.87. The van der Waals surface area contributed by atoms with E-state index in [0.717, 1.165) is 39.0 Å². The first-order valence-electron chi connectivity index (χ1n) is 14.6. The molecule has 0 spiro atoms. The van der Waals surface area contributed by atoms with Crippen LogP contribution >= 0.6 is 15.2 Å². The molecule has 2 aromatic heterocycles. The van der Waals surface area contributed by atoms with E-state index in [1.165, 1.54) is 40.1 Å². The zero-order chi connectivity index (χ0) is 31.9. The van der Waals surface area contributed by atoms with Gasteiger partial charge in [-0.1, -0.05) is 0 Å². The molecule has 4 rings (SSSR count). The van der Waals surface area contributed by atoms with Gasteiger partial charge in [0, 0.05) is 50.7 Å². The normalized spacial score (nSPS) is 16.7. The predicted molar refractivity (Wildman–Crippen MR) is 158 cm³/mol. The number of carbonyl (C=O) groups is 1. The van der Waals surface area contributed by atoms with Crippen LogP contribution in [0.15, 0.2) is 23.3 Å². The monoisotopic (exact) mass is 662 g/mol. The average Bonchev–Trinajstić information content (AvgIpc) is 3.87.